The van der Waals surface area contributed by atoms with Crippen LogP contribution < -0.4 is 16.6 Å². The predicted octanol–water partition coefficient (Wildman–Crippen LogP) is -0.727. The molecule has 0 aliphatic carbocycles. The smallest absolute Gasteiger partial charge is 0.325 e. The van der Waals surface area contributed by atoms with Gasteiger partial charge in [0, 0.05) is 18.3 Å². The Hall–Kier alpha value is -1.89. The number of carbonyl (C=O) groups is 1. The van der Waals surface area contributed by atoms with E-state index >= 15 is 0 Å². The predicted molar refractivity (Wildman–Crippen MR) is 69.9 cm³/mol. The third-order valence-corrected chi connectivity index (χ3v) is 2.62. The Morgan fingerprint density at radius 1 is 1.42 bits per heavy atom. The van der Waals surface area contributed by atoms with Gasteiger partial charge in [-0.25, -0.2) is 4.79 Å². The standard InChI is InChI=1S/C12H19N3O4/c1-3-4-12(2,19)7-13-9(16)5-8-6-10(17)15-11(18)14-8/h6,19H,3-5,7H2,1-2H3,(H,13,16)(H2,14,15,17,18). The van der Waals surface area contributed by atoms with Gasteiger partial charge in [0.05, 0.1) is 12.0 Å². The number of carbonyl (C=O) groups excluding carboxylic acids is 1. The van der Waals surface area contributed by atoms with E-state index in [0.29, 0.717) is 6.42 Å². The molecule has 1 atom stereocenters. The first-order valence-electron chi connectivity index (χ1n) is 6.14. The van der Waals surface area contributed by atoms with E-state index in [1.165, 1.54) is 0 Å². The summed E-state index contributed by atoms with van der Waals surface area (Å²) < 4.78 is 0. The van der Waals surface area contributed by atoms with Gasteiger partial charge in [-0.3, -0.25) is 14.6 Å². The lowest BCUT2D eigenvalue weighted by Crippen LogP contribution is -2.41. The molecule has 1 aromatic rings. The minimum atomic E-state index is -0.952. The number of aromatic nitrogens is 2. The summed E-state index contributed by atoms with van der Waals surface area (Å²) in [6.45, 7) is 3.72. The van der Waals surface area contributed by atoms with Crippen LogP contribution in [0.15, 0.2) is 15.7 Å². The molecule has 0 bridgehead atoms. The van der Waals surface area contributed by atoms with Crippen molar-refractivity contribution in [3.8, 4) is 0 Å². The van der Waals surface area contributed by atoms with Crippen LogP contribution in [0.1, 0.15) is 32.4 Å². The second-order valence-corrected chi connectivity index (χ2v) is 4.81. The van der Waals surface area contributed by atoms with Crippen molar-refractivity contribution in [1.29, 1.82) is 0 Å². The highest BCUT2D eigenvalue weighted by molar-refractivity contribution is 5.78. The number of hydrogen-bond acceptors (Lipinski definition) is 4. The lowest BCUT2D eigenvalue weighted by atomic mass is 10.0. The summed E-state index contributed by atoms with van der Waals surface area (Å²) in [5.74, 6) is -0.363. The summed E-state index contributed by atoms with van der Waals surface area (Å²) in [5.41, 5.74) is -1.91. The van der Waals surface area contributed by atoms with Crippen LogP contribution in [0.25, 0.3) is 0 Å². The van der Waals surface area contributed by atoms with Crippen molar-refractivity contribution in [3.05, 3.63) is 32.6 Å². The number of hydrogen-bond donors (Lipinski definition) is 4. The number of amides is 1. The van der Waals surface area contributed by atoms with E-state index in [4.69, 9.17) is 0 Å². The van der Waals surface area contributed by atoms with Crippen molar-refractivity contribution in [2.24, 2.45) is 0 Å². The van der Waals surface area contributed by atoms with Crippen LogP contribution in [0.5, 0.6) is 0 Å². The molecular weight excluding hydrogens is 250 g/mol. The zero-order chi connectivity index (χ0) is 14.5. The molecule has 0 saturated heterocycles. The molecule has 0 aliphatic rings. The molecule has 0 saturated carbocycles. The van der Waals surface area contributed by atoms with Gasteiger partial charge in [-0.05, 0) is 13.3 Å². The van der Waals surface area contributed by atoms with Crippen LogP contribution in [0.4, 0.5) is 0 Å². The van der Waals surface area contributed by atoms with Crippen molar-refractivity contribution in [2.75, 3.05) is 6.54 Å². The fraction of sp³-hybridized carbons (Fsp3) is 0.583. The maximum Gasteiger partial charge on any atom is 0.325 e. The molecule has 1 heterocycles. The Balaban J connectivity index is 2.56. The highest BCUT2D eigenvalue weighted by atomic mass is 16.3. The van der Waals surface area contributed by atoms with Gasteiger partial charge in [0.15, 0.2) is 0 Å². The topological polar surface area (TPSA) is 115 Å². The quantitative estimate of drug-likeness (QED) is 0.545. The van der Waals surface area contributed by atoms with Crippen LogP contribution in [-0.4, -0.2) is 33.1 Å². The van der Waals surface area contributed by atoms with E-state index in [2.05, 4.69) is 10.3 Å². The maximum absolute atomic E-state index is 11.6. The van der Waals surface area contributed by atoms with E-state index in [-0.39, 0.29) is 24.6 Å². The molecule has 0 spiro atoms. The van der Waals surface area contributed by atoms with Crippen LogP contribution in [0.2, 0.25) is 0 Å². The molecular formula is C12H19N3O4. The minimum absolute atomic E-state index is 0.110. The Labute approximate surface area is 110 Å². The Kier molecular flexibility index (Phi) is 5.05. The van der Waals surface area contributed by atoms with E-state index in [1.54, 1.807) is 6.92 Å². The fourth-order valence-corrected chi connectivity index (χ4v) is 1.77. The van der Waals surface area contributed by atoms with Crippen molar-refractivity contribution >= 4 is 5.91 Å². The number of rotatable bonds is 6. The summed E-state index contributed by atoms with van der Waals surface area (Å²) in [4.78, 5) is 38.1. The van der Waals surface area contributed by atoms with Gasteiger partial charge in [0.25, 0.3) is 5.56 Å². The molecule has 7 nitrogen and oxygen atoms in total. The van der Waals surface area contributed by atoms with Gasteiger partial charge in [-0.1, -0.05) is 13.3 Å². The van der Waals surface area contributed by atoms with Gasteiger partial charge < -0.3 is 15.4 Å². The van der Waals surface area contributed by atoms with Gasteiger partial charge in [0.2, 0.25) is 5.91 Å². The first-order valence-corrected chi connectivity index (χ1v) is 6.14. The van der Waals surface area contributed by atoms with Crippen LogP contribution in [0, 0.1) is 0 Å². The maximum atomic E-state index is 11.6. The third-order valence-electron chi connectivity index (χ3n) is 2.62. The molecule has 106 valence electrons. The molecule has 0 fully saturated rings. The van der Waals surface area contributed by atoms with Crippen molar-refractivity contribution in [1.82, 2.24) is 15.3 Å². The van der Waals surface area contributed by atoms with Gasteiger partial charge in [0.1, 0.15) is 0 Å². The second-order valence-electron chi connectivity index (χ2n) is 4.81. The Morgan fingerprint density at radius 2 is 2.11 bits per heavy atom. The molecule has 1 aromatic heterocycles. The summed E-state index contributed by atoms with van der Waals surface area (Å²) in [6, 6.07) is 1.16. The van der Waals surface area contributed by atoms with Gasteiger partial charge in [-0.15, -0.1) is 0 Å². The largest absolute Gasteiger partial charge is 0.388 e. The lowest BCUT2D eigenvalue weighted by molar-refractivity contribution is -0.121. The van der Waals surface area contributed by atoms with Crippen LogP contribution in [-0.2, 0) is 11.2 Å². The molecule has 0 aliphatic heterocycles. The van der Waals surface area contributed by atoms with E-state index in [0.717, 1.165) is 12.5 Å². The number of nitrogens with one attached hydrogen (secondary N) is 3. The normalized spacial score (nSPS) is 13.8. The number of aromatic amines is 2. The number of H-pyrrole nitrogens is 2. The first kappa shape index (κ1) is 15.2. The lowest BCUT2D eigenvalue weighted by Gasteiger charge is -2.22. The average Bonchev–Trinajstić information content (AvgIpc) is 2.25. The Morgan fingerprint density at radius 3 is 2.68 bits per heavy atom. The van der Waals surface area contributed by atoms with Gasteiger partial charge in [-0.2, -0.15) is 0 Å². The minimum Gasteiger partial charge on any atom is -0.388 e. The molecule has 4 N–H and O–H groups in total. The summed E-state index contributed by atoms with van der Waals surface area (Å²) in [7, 11) is 0. The average molecular weight is 269 g/mol. The zero-order valence-electron chi connectivity index (χ0n) is 11.1. The van der Waals surface area contributed by atoms with E-state index in [1.807, 2.05) is 11.9 Å². The second kappa shape index (κ2) is 6.33. The van der Waals surface area contributed by atoms with Crippen LogP contribution in [0.3, 0.4) is 0 Å². The molecule has 19 heavy (non-hydrogen) atoms. The zero-order valence-corrected chi connectivity index (χ0v) is 11.1. The van der Waals surface area contributed by atoms with Crippen molar-refractivity contribution in [3.63, 3.8) is 0 Å². The third kappa shape index (κ3) is 5.52. The van der Waals surface area contributed by atoms with E-state index < -0.39 is 16.9 Å². The van der Waals surface area contributed by atoms with Crippen molar-refractivity contribution < 1.29 is 9.90 Å². The molecule has 0 aromatic carbocycles. The molecule has 7 heteroatoms. The highest BCUT2D eigenvalue weighted by Gasteiger charge is 2.19. The SMILES string of the molecule is CCCC(C)(O)CNC(=O)Cc1cc(=O)[nH]c(=O)[nH]1. The van der Waals surface area contributed by atoms with Crippen LogP contribution >= 0.6 is 0 Å². The molecule has 1 unspecified atom stereocenters. The Bertz CT molecular complexity index is 516. The van der Waals surface area contributed by atoms with Crippen molar-refractivity contribution in [2.45, 2.75) is 38.7 Å². The number of aliphatic hydroxyl groups is 1. The van der Waals surface area contributed by atoms with E-state index in [9.17, 15) is 19.5 Å². The first-order chi connectivity index (χ1) is 8.82. The summed E-state index contributed by atoms with van der Waals surface area (Å²) >= 11 is 0. The fourth-order valence-electron chi connectivity index (χ4n) is 1.77. The summed E-state index contributed by atoms with van der Waals surface area (Å²) in [5, 5.41) is 12.5. The molecule has 1 amide bonds. The van der Waals surface area contributed by atoms with Gasteiger partial charge >= 0.3 is 5.69 Å². The summed E-state index contributed by atoms with van der Waals surface area (Å²) in [6.07, 6.45) is 1.28. The molecule has 1 rings (SSSR count). The highest BCUT2D eigenvalue weighted by Crippen LogP contribution is 2.09. The molecule has 0 radical (unpaired) electrons. The monoisotopic (exact) mass is 269 g/mol.